The van der Waals surface area contributed by atoms with Crippen LogP contribution in [0, 0.1) is 0 Å². The van der Waals surface area contributed by atoms with Crippen molar-refractivity contribution in [3.63, 3.8) is 0 Å². The highest BCUT2D eigenvalue weighted by molar-refractivity contribution is 5.97. The third-order valence-corrected chi connectivity index (χ3v) is 5.15. The van der Waals surface area contributed by atoms with Crippen molar-refractivity contribution in [3.05, 3.63) is 81.7 Å². The molecule has 5 nitrogen and oxygen atoms in total. The number of fused-ring (bicyclic) bond motifs is 1. The molecule has 0 radical (unpaired) electrons. The van der Waals surface area contributed by atoms with Crippen molar-refractivity contribution >= 4 is 29.3 Å². The number of amides is 1. The van der Waals surface area contributed by atoms with Gasteiger partial charge in [-0.3, -0.25) is 4.79 Å². The predicted molar refractivity (Wildman–Crippen MR) is 112 cm³/mol. The molecule has 0 spiro atoms. The summed E-state index contributed by atoms with van der Waals surface area (Å²) in [7, 11) is 0. The van der Waals surface area contributed by atoms with E-state index in [0.29, 0.717) is 25.2 Å². The highest BCUT2D eigenvalue weighted by atomic mass is 35.5. The first-order chi connectivity index (χ1) is 13.2. The molecule has 146 valence electrons. The van der Waals surface area contributed by atoms with Crippen molar-refractivity contribution in [2.75, 3.05) is 19.6 Å². The number of carbonyl (C=O) groups excluding carboxylic acids is 1. The molecular formula is C22H23ClN2O3. The Morgan fingerprint density at radius 1 is 1.18 bits per heavy atom. The van der Waals surface area contributed by atoms with E-state index < -0.39 is 5.63 Å². The minimum Gasteiger partial charge on any atom is -0.422 e. The van der Waals surface area contributed by atoms with Crippen LogP contribution in [0.4, 0.5) is 0 Å². The van der Waals surface area contributed by atoms with E-state index in [9.17, 15) is 9.59 Å². The van der Waals surface area contributed by atoms with Crippen LogP contribution < -0.4 is 10.9 Å². The molecule has 1 amide bonds. The molecule has 1 aliphatic rings. The number of aryl methyl sites for hydroxylation is 1. The number of hydrogen-bond donors (Lipinski definition) is 1. The van der Waals surface area contributed by atoms with Crippen molar-refractivity contribution in [2.24, 2.45) is 0 Å². The molecule has 2 aromatic carbocycles. The largest absolute Gasteiger partial charge is 0.422 e. The lowest BCUT2D eigenvalue weighted by Gasteiger charge is -2.36. The Morgan fingerprint density at radius 3 is 2.68 bits per heavy atom. The number of nitrogens with zero attached hydrogens (tertiary/aromatic N) is 1. The molecule has 1 atom stereocenters. The van der Waals surface area contributed by atoms with Gasteiger partial charge >= 0.3 is 5.63 Å². The SMILES string of the molecule is CCc1ccc(C2CNCCN2C(=O)c2cc3ccccc3oc2=O)cc1.Cl. The molecule has 2 heterocycles. The molecule has 4 rings (SSSR count). The van der Waals surface area contributed by atoms with E-state index in [1.807, 2.05) is 12.1 Å². The second-order valence-corrected chi connectivity index (χ2v) is 6.80. The molecule has 0 aliphatic carbocycles. The van der Waals surface area contributed by atoms with Crippen LogP contribution in [-0.2, 0) is 6.42 Å². The molecular weight excluding hydrogens is 376 g/mol. The lowest BCUT2D eigenvalue weighted by molar-refractivity contribution is 0.0630. The van der Waals surface area contributed by atoms with Gasteiger partial charge < -0.3 is 14.6 Å². The number of para-hydroxylation sites is 1. The summed E-state index contributed by atoms with van der Waals surface area (Å²) in [6.07, 6.45) is 0.976. The van der Waals surface area contributed by atoms with Crippen LogP contribution in [0.2, 0.25) is 0 Å². The molecule has 28 heavy (non-hydrogen) atoms. The molecule has 1 unspecified atom stereocenters. The Hall–Kier alpha value is -2.63. The van der Waals surface area contributed by atoms with Crippen LogP contribution in [0.15, 0.2) is 63.8 Å². The standard InChI is InChI=1S/C22H22N2O3.ClH/c1-2-15-7-9-16(10-8-15)19-14-23-11-12-24(19)21(25)18-13-17-5-3-4-6-20(17)27-22(18)26;/h3-10,13,19,23H,2,11-12,14H2,1H3;1H. The van der Waals surface area contributed by atoms with Gasteiger partial charge in [-0.05, 0) is 29.7 Å². The maximum atomic E-state index is 13.2. The van der Waals surface area contributed by atoms with Crippen LogP contribution in [0.25, 0.3) is 11.0 Å². The normalized spacial score (nSPS) is 16.6. The first kappa shape index (κ1) is 20.1. The van der Waals surface area contributed by atoms with E-state index in [-0.39, 0.29) is 29.9 Å². The summed E-state index contributed by atoms with van der Waals surface area (Å²) in [6.45, 7) is 4.03. The predicted octanol–water partition coefficient (Wildman–Crippen LogP) is 3.56. The van der Waals surface area contributed by atoms with Crippen molar-refractivity contribution in [2.45, 2.75) is 19.4 Å². The third-order valence-electron chi connectivity index (χ3n) is 5.15. The lowest BCUT2D eigenvalue weighted by atomic mass is 10.00. The van der Waals surface area contributed by atoms with Gasteiger partial charge in [-0.1, -0.05) is 49.4 Å². The number of carbonyl (C=O) groups is 1. The average molecular weight is 399 g/mol. The van der Waals surface area contributed by atoms with Crippen molar-refractivity contribution < 1.29 is 9.21 Å². The van der Waals surface area contributed by atoms with E-state index >= 15 is 0 Å². The molecule has 1 aliphatic heterocycles. The van der Waals surface area contributed by atoms with Gasteiger partial charge in [0, 0.05) is 25.0 Å². The highest BCUT2D eigenvalue weighted by Gasteiger charge is 2.30. The smallest absolute Gasteiger partial charge is 0.349 e. The second kappa shape index (κ2) is 8.59. The average Bonchev–Trinajstić information content (AvgIpc) is 2.73. The number of hydrogen-bond acceptors (Lipinski definition) is 4. The molecule has 1 N–H and O–H groups in total. The Balaban J connectivity index is 0.00000225. The molecule has 6 heteroatoms. The Morgan fingerprint density at radius 2 is 1.93 bits per heavy atom. The van der Waals surface area contributed by atoms with E-state index in [2.05, 4.69) is 36.5 Å². The summed E-state index contributed by atoms with van der Waals surface area (Å²) in [5, 5.41) is 4.10. The van der Waals surface area contributed by atoms with E-state index in [4.69, 9.17) is 4.42 Å². The van der Waals surface area contributed by atoms with Gasteiger partial charge in [0.2, 0.25) is 0 Å². The summed E-state index contributed by atoms with van der Waals surface area (Å²) in [5.41, 5.74) is 2.32. The van der Waals surface area contributed by atoms with Gasteiger partial charge in [0.1, 0.15) is 11.1 Å². The van der Waals surface area contributed by atoms with Crippen molar-refractivity contribution in [3.8, 4) is 0 Å². The first-order valence-electron chi connectivity index (χ1n) is 9.31. The van der Waals surface area contributed by atoms with E-state index in [0.717, 1.165) is 17.4 Å². The van der Waals surface area contributed by atoms with Crippen LogP contribution in [0.1, 0.15) is 34.5 Å². The molecule has 0 saturated carbocycles. The zero-order chi connectivity index (χ0) is 18.8. The zero-order valence-electron chi connectivity index (χ0n) is 15.7. The first-order valence-corrected chi connectivity index (χ1v) is 9.31. The number of halogens is 1. The van der Waals surface area contributed by atoms with Crippen LogP contribution in [-0.4, -0.2) is 30.4 Å². The fourth-order valence-corrected chi connectivity index (χ4v) is 3.59. The van der Waals surface area contributed by atoms with Gasteiger partial charge in [0.15, 0.2) is 0 Å². The maximum absolute atomic E-state index is 13.2. The number of piperazine rings is 1. The molecule has 1 fully saturated rings. The van der Waals surface area contributed by atoms with Gasteiger partial charge in [0.05, 0.1) is 6.04 Å². The Kier molecular flexibility index (Phi) is 6.17. The maximum Gasteiger partial charge on any atom is 0.349 e. The minimum absolute atomic E-state index is 0. The summed E-state index contributed by atoms with van der Waals surface area (Å²) < 4.78 is 5.36. The Bertz CT molecular complexity index is 1030. The molecule has 3 aromatic rings. The highest BCUT2D eigenvalue weighted by Crippen LogP contribution is 2.25. The summed E-state index contributed by atoms with van der Waals surface area (Å²) >= 11 is 0. The Labute approximate surface area is 169 Å². The number of benzene rings is 2. The van der Waals surface area contributed by atoms with Gasteiger partial charge in [-0.2, -0.15) is 0 Å². The third kappa shape index (κ3) is 3.81. The van der Waals surface area contributed by atoms with Crippen molar-refractivity contribution in [1.29, 1.82) is 0 Å². The van der Waals surface area contributed by atoms with Gasteiger partial charge in [0.25, 0.3) is 5.91 Å². The van der Waals surface area contributed by atoms with E-state index in [1.54, 1.807) is 23.1 Å². The zero-order valence-corrected chi connectivity index (χ0v) is 16.5. The molecule has 1 saturated heterocycles. The second-order valence-electron chi connectivity index (χ2n) is 6.80. The quantitative estimate of drug-likeness (QED) is 0.685. The van der Waals surface area contributed by atoms with Crippen LogP contribution in [0.3, 0.4) is 0 Å². The monoisotopic (exact) mass is 398 g/mol. The fraction of sp³-hybridized carbons (Fsp3) is 0.273. The minimum atomic E-state index is -0.586. The number of rotatable bonds is 3. The summed E-state index contributed by atoms with van der Waals surface area (Å²) in [5.74, 6) is -0.277. The summed E-state index contributed by atoms with van der Waals surface area (Å²) in [4.78, 5) is 27.4. The van der Waals surface area contributed by atoms with Gasteiger partial charge in [-0.25, -0.2) is 4.79 Å². The molecule has 0 bridgehead atoms. The van der Waals surface area contributed by atoms with E-state index in [1.165, 1.54) is 5.56 Å². The van der Waals surface area contributed by atoms with Gasteiger partial charge in [-0.15, -0.1) is 12.4 Å². The fourth-order valence-electron chi connectivity index (χ4n) is 3.59. The lowest BCUT2D eigenvalue weighted by Crippen LogP contribution is -2.49. The van der Waals surface area contributed by atoms with Crippen LogP contribution >= 0.6 is 12.4 Å². The topological polar surface area (TPSA) is 62.6 Å². The number of nitrogens with one attached hydrogen (secondary N) is 1. The molecule has 1 aromatic heterocycles. The van der Waals surface area contributed by atoms with Crippen molar-refractivity contribution in [1.82, 2.24) is 10.2 Å². The van der Waals surface area contributed by atoms with Crippen LogP contribution in [0.5, 0.6) is 0 Å². The summed E-state index contributed by atoms with van der Waals surface area (Å²) in [6, 6.07) is 17.1.